The third-order valence-electron chi connectivity index (χ3n) is 3.67. The average Bonchev–Trinajstić information content (AvgIpc) is 3.14. The van der Waals surface area contributed by atoms with Gasteiger partial charge in [-0.3, -0.25) is 4.79 Å². The zero-order valence-corrected chi connectivity index (χ0v) is 13.1. The van der Waals surface area contributed by atoms with Crippen LogP contribution in [0.25, 0.3) is 5.82 Å². The van der Waals surface area contributed by atoms with Crippen LogP contribution >= 0.6 is 0 Å². The summed E-state index contributed by atoms with van der Waals surface area (Å²) in [6.45, 7) is -0.323. The first kappa shape index (κ1) is 16.8. The Balaban J connectivity index is 1.64. The van der Waals surface area contributed by atoms with Gasteiger partial charge in [0.05, 0.1) is 11.1 Å². The Bertz CT molecular complexity index is 844. The topological polar surface area (TPSA) is 67.2 Å². The molecular weight excluding hydrogens is 328 g/mol. The summed E-state index contributed by atoms with van der Waals surface area (Å²) in [5.41, 5.74) is -0.194. The van der Waals surface area contributed by atoms with Gasteiger partial charge in [0.15, 0.2) is 0 Å². The minimum atomic E-state index is -1.49. The summed E-state index contributed by atoms with van der Waals surface area (Å²) in [4.78, 5) is 16.3. The number of aliphatic hydroxyl groups excluding tert-OH is 1. The molecule has 25 heavy (non-hydrogen) atoms. The van der Waals surface area contributed by atoms with Crippen molar-refractivity contribution in [3.63, 3.8) is 0 Å². The minimum Gasteiger partial charge on any atom is -0.386 e. The van der Waals surface area contributed by atoms with Crippen LogP contribution in [0.5, 0.6) is 0 Å². The molecule has 5 nitrogen and oxygen atoms in total. The number of hydrogen-bond donors (Lipinski definition) is 2. The number of halogens is 2. The van der Waals surface area contributed by atoms with Gasteiger partial charge in [-0.2, -0.15) is 0 Å². The number of nitrogens with zero attached hydrogens (tertiary/aromatic N) is 2. The number of amides is 1. The van der Waals surface area contributed by atoms with E-state index in [0.29, 0.717) is 5.82 Å². The van der Waals surface area contributed by atoms with E-state index in [-0.39, 0.29) is 12.1 Å². The first-order chi connectivity index (χ1) is 12.1. The van der Waals surface area contributed by atoms with Gasteiger partial charge >= 0.3 is 0 Å². The summed E-state index contributed by atoms with van der Waals surface area (Å²) < 4.78 is 29.0. The third kappa shape index (κ3) is 3.72. The number of pyridine rings is 1. The zero-order valence-electron chi connectivity index (χ0n) is 13.1. The van der Waals surface area contributed by atoms with E-state index in [4.69, 9.17) is 0 Å². The van der Waals surface area contributed by atoms with Crippen LogP contribution in [0, 0.1) is 11.6 Å². The fourth-order valence-electron chi connectivity index (χ4n) is 2.38. The van der Waals surface area contributed by atoms with Gasteiger partial charge in [0, 0.05) is 25.1 Å². The number of hydrogen-bond acceptors (Lipinski definition) is 3. The van der Waals surface area contributed by atoms with E-state index in [1.165, 1.54) is 12.3 Å². The number of aliphatic hydroxyl groups is 1. The van der Waals surface area contributed by atoms with E-state index in [1.54, 1.807) is 16.7 Å². The van der Waals surface area contributed by atoms with Crippen molar-refractivity contribution in [1.29, 1.82) is 0 Å². The highest BCUT2D eigenvalue weighted by molar-refractivity contribution is 5.93. The second kappa shape index (κ2) is 7.23. The molecule has 1 amide bonds. The quantitative estimate of drug-likeness (QED) is 0.748. The van der Waals surface area contributed by atoms with Crippen molar-refractivity contribution < 1.29 is 18.7 Å². The number of benzene rings is 1. The number of aromatic nitrogens is 2. The molecule has 128 valence electrons. The van der Waals surface area contributed by atoms with Crippen molar-refractivity contribution in [2.24, 2.45) is 0 Å². The molecule has 1 atom stereocenters. The van der Waals surface area contributed by atoms with Gasteiger partial charge < -0.3 is 15.0 Å². The lowest BCUT2D eigenvalue weighted by Crippen LogP contribution is -2.29. The molecule has 3 rings (SSSR count). The molecule has 0 aliphatic carbocycles. The van der Waals surface area contributed by atoms with Crippen molar-refractivity contribution >= 4 is 5.91 Å². The Morgan fingerprint density at radius 2 is 1.80 bits per heavy atom. The zero-order chi connectivity index (χ0) is 17.8. The van der Waals surface area contributed by atoms with Crippen molar-refractivity contribution in [2.75, 3.05) is 6.54 Å². The second-order valence-corrected chi connectivity index (χ2v) is 5.36. The van der Waals surface area contributed by atoms with Gasteiger partial charge in [0.1, 0.15) is 23.6 Å². The molecule has 0 bridgehead atoms. The third-order valence-corrected chi connectivity index (χ3v) is 3.67. The van der Waals surface area contributed by atoms with Crippen LogP contribution in [0.2, 0.25) is 0 Å². The molecule has 2 N–H and O–H groups in total. The molecular formula is C18H15F2N3O2. The van der Waals surface area contributed by atoms with Gasteiger partial charge in [-0.25, -0.2) is 13.8 Å². The maximum absolute atomic E-state index is 13.6. The number of carbonyl (C=O) groups excluding carboxylic acids is 1. The number of carbonyl (C=O) groups is 1. The number of nitrogens with one attached hydrogen (secondary N) is 1. The molecule has 0 saturated heterocycles. The summed E-state index contributed by atoms with van der Waals surface area (Å²) in [6.07, 6.45) is 3.54. The van der Waals surface area contributed by atoms with Crippen molar-refractivity contribution in [2.45, 2.75) is 6.10 Å². The minimum absolute atomic E-state index is 0.275. The van der Waals surface area contributed by atoms with E-state index >= 15 is 0 Å². The molecule has 0 spiro atoms. The molecule has 3 aromatic rings. The maximum Gasteiger partial charge on any atom is 0.252 e. The highest BCUT2D eigenvalue weighted by Gasteiger charge is 2.18. The van der Waals surface area contributed by atoms with E-state index in [1.807, 2.05) is 24.5 Å². The first-order valence-corrected chi connectivity index (χ1v) is 7.56. The molecule has 0 radical (unpaired) electrons. The van der Waals surface area contributed by atoms with Crippen molar-refractivity contribution in [3.05, 3.63) is 83.8 Å². The van der Waals surface area contributed by atoms with Gasteiger partial charge in [-0.1, -0.05) is 6.07 Å². The van der Waals surface area contributed by atoms with E-state index < -0.39 is 29.2 Å². The summed E-state index contributed by atoms with van der Waals surface area (Å²) >= 11 is 0. The van der Waals surface area contributed by atoms with Crippen LogP contribution in [0.3, 0.4) is 0 Å². The predicted molar refractivity (Wildman–Crippen MR) is 87.2 cm³/mol. The van der Waals surface area contributed by atoms with Gasteiger partial charge in [0.25, 0.3) is 5.91 Å². The summed E-state index contributed by atoms with van der Waals surface area (Å²) in [6, 6.07) is 10.3. The standard InChI is InChI=1S/C18H15F2N3O2/c19-13-4-3-5-14(20)17(13)15(24)11-22-18(25)12-6-7-16(21-10-12)23-8-1-2-9-23/h1-10,15,24H,11H2,(H,22,25). The van der Waals surface area contributed by atoms with Gasteiger partial charge in [-0.05, 0) is 36.4 Å². The summed E-state index contributed by atoms with van der Waals surface area (Å²) in [5.74, 6) is -1.57. The monoisotopic (exact) mass is 343 g/mol. The number of rotatable bonds is 5. The molecule has 0 aliphatic heterocycles. The second-order valence-electron chi connectivity index (χ2n) is 5.36. The van der Waals surface area contributed by atoms with Crippen LogP contribution in [0.4, 0.5) is 8.78 Å². The fraction of sp³-hybridized carbons (Fsp3) is 0.111. The Hall–Kier alpha value is -3.06. The van der Waals surface area contributed by atoms with E-state index in [0.717, 1.165) is 12.1 Å². The Morgan fingerprint density at radius 1 is 1.12 bits per heavy atom. The molecule has 0 saturated carbocycles. The SMILES string of the molecule is O=C(NCC(O)c1c(F)cccc1F)c1ccc(-n2cccc2)nc1. The maximum atomic E-state index is 13.6. The highest BCUT2D eigenvalue weighted by Crippen LogP contribution is 2.20. The largest absolute Gasteiger partial charge is 0.386 e. The van der Waals surface area contributed by atoms with Crippen LogP contribution in [-0.2, 0) is 0 Å². The van der Waals surface area contributed by atoms with Crippen LogP contribution in [0.15, 0.2) is 61.1 Å². The fourth-order valence-corrected chi connectivity index (χ4v) is 2.38. The molecule has 0 fully saturated rings. The van der Waals surface area contributed by atoms with Crippen LogP contribution in [0.1, 0.15) is 22.0 Å². The van der Waals surface area contributed by atoms with Crippen LogP contribution in [-0.4, -0.2) is 27.1 Å². The molecule has 1 aromatic carbocycles. The normalized spacial score (nSPS) is 12.0. The van der Waals surface area contributed by atoms with Gasteiger partial charge in [-0.15, -0.1) is 0 Å². The Labute approximate surface area is 142 Å². The van der Waals surface area contributed by atoms with Crippen LogP contribution < -0.4 is 5.32 Å². The molecule has 1 unspecified atom stereocenters. The lowest BCUT2D eigenvalue weighted by atomic mass is 10.1. The predicted octanol–water partition coefficient (Wildman–Crippen LogP) is 2.61. The van der Waals surface area contributed by atoms with Crippen molar-refractivity contribution in [3.8, 4) is 5.82 Å². The average molecular weight is 343 g/mol. The Kier molecular flexibility index (Phi) is 4.85. The summed E-state index contributed by atoms with van der Waals surface area (Å²) in [7, 11) is 0. The lowest BCUT2D eigenvalue weighted by Gasteiger charge is -2.14. The molecule has 2 aromatic heterocycles. The van der Waals surface area contributed by atoms with E-state index in [9.17, 15) is 18.7 Å². The molecule has 0 aliphatic rings. The van der Waals surface area contributed by atoms with E-state index in [2.05, 4.69) is 10.3 Å². The smallest absolute Gasteiger partial charge is 0.252 e. The molecule has 2 heterocycles. The molecule has 7 heteroatoms. The highest BCUT2D eigenvalue weighted by atomic mass is 19.1. The Morgan fingerprint density at radius 3 is 2.40 bits per heavy atom. The van der Waals surface area contributed by atoms with Gasteiger partial charge in [0.2, 0.25) is 0 Å². The first-order valence-electron chi connectivity index (χ1n) is 7.56. The summed E-state index contributed by atoms with van der Waals surface area (Å²) in [5, 5.41) is 12.4. The van der Waals surface area contributed by atoms with Crippen molar-refractivity contribution in [1.82, 2.24) is 14.9 Å². The lowest BCUT2D eigenvalue weighted by molar-refractivity contribution is 0.0911.